The van der Waals surface area contributed by atoms with Crippen molar-refractivity contribution in [3.8, 4) is 0 Å². The minimum Gasteiger partial charge on any atom is -0.444 e. The average Bonchev–Trinajstić information content (AvgIpc) is 2.85. The molecular formula is C18H25FN2O3. The fourth-order valence-electron chi connectivity index (χ4n) is 3.61. The highest BCUT2D eigenvalue weighted by molar-refractivity contribution is 5.70. The Kier molecular flexibility index (Phi) is 4.30. The number of carbonyl (C=O) groups excluding carboxylic acids is 1. The molecule has 0 aliphatic carbocycles. The van der Waals surface area contributed by atoms with Crippen molar-refractivity contribution in [1.82, 2.24) is 9.80 Å². The Morgan fingerprint density at radius 3 is 2.62 bits per heavy atom. The lowest BCUT2D eigenvalue weighted by molar-refractivity contribution is -0.194. The lowest BCUT2D eigenvalue weighted by atomic mass is 9.83. The number of hydrogen-bond donors (Lipinski definition) is 1. The molecule has 0 aromatic heterocycles. The first kappa shape index (κ1) is 17.2. The average molecular weight is 336 g/mol. The van der Waals surface area contributed by atoms with Crippen LogP contribution in [0.1, 0.15) is 32.8 Å². The van der Waals surface area contributed by atoms with E-state index in [0.29, 0.717) is 13.1 Å². The number of likely N-dealkylation sites (tertiary alicyclic amines) is 2. The summed E-state index contributed by atoms with van der Waals surface area (Å²) in [5, 5.41) is 10.7. The van der Waals surface area contributed by atoms with E-state index in [0.717, 1.165) is 5.56 Å². The van der Waals surface area contributed by atoms with E-state index in [4.69, 9.17) is 4.74 Å². The van der Waals surface area contributed by atoms with Crippen LogP contribution in [0.4, 0.5) is 9.18 Å². The van der Waals surface area contributed by atoms with Crippen LogP contribution in [0.3, 0.4) is 0 Å². The topological polar surface area (TPSA) is 53.0 Å². The highest BCUT2D eigenvalue weighted by atomic mass is 19.1. The van der Waals surface area contributed by atoms with Crippen LogP contribution in [0.5, 0.6) is 0 Å². The number of rotatable bonds is 2. The molecular weight excluding hydrogens is 311 g/mol. The Bertz CT molecular complexity index is 604. The van der Waals surface area contributed by atoms with E-state index in [-0.39, 0.29) is 13.0 Å². The molecule has 1 spiro atoms. The number of ether oxygens (including phenoxy) is 1. The minimum atomic E-state index is -1.13. The molecule has 2 fully saturated rings. The zero-order chi connectivity index (χ0) is 17.5. The third kappa shape index (κ3) is 3.13. The molecule has 3 rings (SSSR count). The Morgan fingerprint density at radius 2 is 2.04 bits per heavy atom. The zero-order valence-electron chi connectivity index (χ0n) is 14.4. The molecule has 1 amide bonds. The van der Waals surface area contributed by atoms with Crippen LogP contribution in [-0.2, 0) is 11.3 Å². The van der Waals surface area contributed by atoms with Gasteiger partial charge >= 0.3 is 6.09 Å². The molecule has 6 heteroatoms. The molecule has 2 aliphatic heterocycles. The molecule has 3 unspecified atom stereocenters. The SMILES string of the molecule is CC(C)(C)OC(=O)N1CC(F)CC12CN(Cc1ccccc1)C2O. The lowest BCUT2D eigenvalue weighted by Gasteiger charge is -2.56. The number of amides is 1. The van der Waals surface area contributed by atoms with Crippen molar-refractivity contribution in [3.63, 3.8) is 0 Å². The molecule has 24 heavy (non-hydrogen) atoms. The first-order valence-corrected chi connectivity index (χ1v) is 8.32. The van der Waals surface area contributed by atoms with Gasteiger partial charge in [0.15, 0.2) is 0 Å². The molecule has 1 aromatic carbocycles. The van der Waals surface area contributed by atoms with Crippen LogP contribution in [0.25, 0.3) is 0 Å². The lowest BCUT2D eigenvalue weighted by Crippen LogP contribution is -2.75. The number of hydrogen-bond acceptors (Lipinski definition) is 4. The van der Waals surface area contributed by atoms with Gasteiger partial charge in [0, 0.05) is 19.5 Å². The van der Waals surface area contributed by atoms with Crippen molar-refractivity contribution >= 4 is 6.09 Å². The minimum absolute atomic E-state index is 0.0227. The van der Waals surface area contributed by atoms with Crippen LogP contribution in [0, 0.1) is 0 Å². The Balaban J connectivity index is 1.71. The van der Waals surface area contributed by atoms with Crippen LogP contribution in [0.2, 0.25) is 0 Å². The van der Waals surface area contributed by atoms with Gasteiger partial charge in [0.2, 0.25) is 0 Å². The predicted octanol–water partition coefficient (Wildman–Crippen LogP) is 2.54. The largest absolute Gasteiger partial charge is 0.444 e. The molecule has 2 aliphatic rings. The molecule has 0 bridgehead atoms. The van der Waals surface area contributed by atoms with Crippen LogP contribution < -0.4 is 0 Å². The van der Waals surface area contributed by atoms with Gasteiger partial charge in [0.25, 0.3) is 0 Å². The molecule has 1 N–H and O–H groups in total. The van der Waals surface area contributed by atoms with Crippen LogP contribution in [-0.4, -0.2) is 57.6 Å². The van der Waals surface area contributed by atoms with E-state index in [2.05, 4.69) is 0 Å². The Hall–Kier alpha value is -1.66. The van der Waals surface area contributed by atoms with Gasteiger partial charge in [-0.3, -0.25) is 9.80 Å². The summed E-state index contributed by atoms with van der Waals surface area (Å²) in [6.07, 6.45) is -2.42. The van der Waals surface area contributed by atoms with Crippen molar-refractivity contribution in [2.45, 2.75) is 57.3 Å². The molecule has 5 nitrogen and oxygen atoms in total. The number of nitrogens with zero attached hydrogens (tertiary/aromatic N) is 2. The van der Waals surface area contributed by atoms with E-state index in [1.165, 1.54) is 4.90 Å². The smallest absolute Gasteiger partial charge is 0.411 e. The van der Waals surface area contributed by atoms with Gasteiger partial charge in [-0.25, -0.2) is 9.18 Å². The molecule has 0 saturated carbocycles. The summed E-state index contributed by atoms with van der Waals surface area (Å²) in [5.74, 6) is 0. The normalized spacial score (nSPS) is 30.5. The first-order chi connectivity index (χ1) is 11.2. The molecule has 3 atom stereocenters. The Labute approximate surface area is 142 Å². The van der Waals surface area contributed by atoms with Crippen LogP contribution in [0.15, 0.2) is 30.3 Å². The number of carbonyl (C=O) groups is 1. The molecule has 2 heterocycles. The number of halogens is 1. The quantitative estimate of drug-likeness (QED) is 0.902. The van der Waals surface area contributed by atoms with Crippen molar-refractivity contribution in [2.24, 2.45) is 0 Å². The molecule has 0 radical (unpaired) electrons. The van der Waals surface area contributed by atoms with Gasteiger partial charge in [0.05, 0.1) is 6.54 Å². The fourth-order valence-corrected chi connectivity index (χ4v) is 3.61. The molecule has 132 valence electrons. The van der Waals surface area contributed by atoms with E-state index in [1.54, 1.807) is 20.8 Å². The maximum atomic E-state index is 14.0. The van der Waals surface area contributed by atoms with Gasteiger partial charge in [-0.1, -0.05) is 30.3 Å². The summed E-state index contributed by atoms with van der Waals surface area (Å²) < 4.78 is 19.4. The van der Waals surface area contributed by atoms with Gasteiger partial charge < -0.3 is 9.84 Å². The summed E-state index contributed by atoms with van der Waals surface area (Å²) in [6.45, 7) is 6.33. The van der Waals surface area contributed by atoms with E-state index in [1.807, 2.05) is 35.2 Å². The van der Waals surface area contributed by atoms with Crippen molar-refractivity contribution < 1.29 is 19.0 Å². The monoisotopic (exact) mass is 336 g/mol. The summed E-state index contributed by atoms with van der Waals surface area (Å²) in [7, 11) is 0. The van der Waals surface area contributed by atoms with Gasteiger partial charge in [-0.2, -0.15) is 0 Å². The predicted molar refractivity (Wildman–Crippen MR) is 88.0 cm³/mol. The second kappa shape index (κ2) is 6.01. The second-order valence-electron chi connectivity index (χ2n) is 7.76. The third-order valence-electron chi connectivity index (χ3n) is 4.64. The molecule has 1 aromatic rings. The fraction of sp³-hybridized carbons (Fsp3) is 0.611. The highest BCUT2D eigenvalue weighted by Crippen LogP contribution is 2.44. The third-order valence-corrected chi connectivity index (χ3v) is 4.64. The van der Waals surface area contributed by atoms with E-state index < -0.39 is 29.6 Å². The summed E-state index contributed by atoms with van der Waals surface area (Å²) in [4.78, 5) is 15.7. The second-order valence-corrected chi connectivity index (χ2v) is 7.76. The number of aliphatic hydroxyl groups is 1. The number of alkyl halides is 1. The van der Waals surface area contributed by atoms with E-state index >= 15 is 0 Å². The van der Waals surface area contributed by atoms with Gasteiger partial charge in [-0.15, -0.1) is 0 Å². The number of benzene rings is 1. The summed E-state index contributed by atoms with van der Waals surface area (Å²) >= 11 is 0. The Morgan fingerprint density at radius 1 is 1.38 bits per heavy atom. The first-order valence-electron chi connectivity index (χ1n) is 8.32. The van der Waals surface area contributed by atoms with Gasteiger partial charge in [-0.05, 0) is 26.3 Å². The van der Waals surface area contributed by atoms with Gasteiger partial charge in [0.1, 0.15) is 23.5 Å². The maximum absolute atomic E-state index is 14.0. The zero-order valence-corrected chi connectivity index (χ0v) is 14.4. The van der Waals surface area contributed by atoms with E-state index in [9.17, 15) is 14.3 Å². The maximum Gasteiger partial charge on any atom is 0.411 e. The summed E-state index contributed by atoms with van der Waals surface area (Å²) in [6, 6.07) is 9.78. The number of aliphatic hydroxyl groups excluding tert-OH is 1. The van der Waals surface area contributed by atoms with Crippen LogP contribution >= 0.6 is 0 Å². The van der Waals surface area contributed by atoms with Crippen molar-refractivity contribution in [1.29, 1.82) is 0 Å². The standard InChI is InChI=1S/C18H25FN2O3/c1-17(2,3)24-16(23)21-11-14(19)9-18(21)12-20(15(18)22)10-13-7-5-4-6-8-13/h4-8,14-15,22H,9-12H2,1-3H3. The highest BCUT2D eigenvalue weighted by Gasteiger charge is 2.62. The summed E-state index contributed by atoms with van der Waals surface area (Å²) in [5.41, 5.74) is -0.452. The van der Waals surface area contributed by atoms with Crippen molar-refractivity contribution in [2.75, 3.05) is 13.1 Å². The molecule has 2 saturated heterocycles. The van der Waals surface area contributed by atoms with Crippen molar-refractivity contribution in [3.05, 3.63) is 35.9 Å².